The third-order valence-corrected chi connectivity index (χ3v) is 4.47. The largest absolute Gasteiger partial charge is 0.385 e. The SMILES string of the molecule is COCCCn1c(C2CCCC2)nc2c1CCNC2. The van der Waals surface area contributed by atoms with Crippen LogP contribution < -0.4 is 5.32 Å². The van der Waals surface area contributed by atoms with Crippen molar-refractivity contribution in [1.29, 1.82) is 0 Å². The van der Waals surface area contributed by atoms with E-state index < -0.39 is 0 Å². The Morgan fingerprint density at radius 2 is 2.21 bits per heavy atom. The highest BCUT2D eigenvalue weighted by molar-refractivity contribution is 5.22. The average Bonchev–Trinajstić information content (AvgIpc) is 3.06. The standard InChI is InChI=1S/C15H25N3O/c1-19-10-4-9-18-14-7-8-16-11-13(14)17-15(18)12-5-2-3-6-12/h12,16H,2-11H2,1H3. The van der Waals surface area contributed by atoms with Crippen LogP contribution in [0.25, 0.3) is 0 Å². The van der Waals surface area contributed by atoms with E-state index in [0.29, 0.717) is 5.92 Å². The van der Waals surface area contributed by atoms with Gasteiger partial charge in [0, 0.05) is 51.4 Å². The van der Waals surface area contributed by atoms with E-state index in [1.807, 2.05) is 0 Å². The molecule has 1 aromatic heterocycles. The molecule has 1 saturated carbocycles. The number of aromatic nitrogens is 2. The molecule has 1 fully saturated rings. The summed E-state index contributed by atoms with van der Waals surface area (Å²) in [6, 6.07) is 0. The molecule has 4 nitrogen and oxygen atoms in total. The molecule has 0 bridgehead atoms. The van der Waals surface area contributed by atoms with E-state index in [4.69, 9.17) is 9.72 Å². The summed E-state index contributed by atoms with van der Waals surface area (Å²) in [6.07, 6.45) is 7.62. The highest BCUT2D eigenvalue weighted by Crippen LogP contribution is 2.35. The summed E-state index contributed by atoms with van der Waals surface area (Å²) < 4.78 is 7.72. The van der Waals surface area contributed by atoms with Crippen LogP contribution in [0.3, 0.4) is 0 Å². The van der Waals surface area contributed by atoms with Gasteiger partial charge < -0.3 is 14.6 Å². The first-order chi connectivity index (χ1) is 9.40. The van der Waals surface area contributed by atoms with Gasteiger partial charge in [0.2, 0.25) is 0 Å². The van der Waals surface area contributed by atoms with E-state index in [9.17, 15) is 0 Å². The van der Waals surface area contributed by atoms with Crippen molar-refractivity contribution in [2.24, 2.45) is 0 Å². The molecule has 0 amide bonds. The maximum absolute atomic E-state index is 5.20. The Morgan fingerprint density at radius 3 is 3.00 bits per heavy atom. The van der Waals surface area contributed by atoms with Gasteiger partial charge in [-0.2, -0.15) is 0 Å². The first-order valence-electron chi connectivity index (χ1n) is 7.68. The van der Waals surface area contributed by atoms with Crippen LogP contribution in [-0.4, -0.2) is 29.8 Å². The number of rotatable bonds is 5. The summed E-state index contributed by atoms with van der Waals surface area (Å²) in [7, 11) is 1.78. The molecule has 1 aliphatic heterocycles. The van der Waals surface area contributed by atoms with Gasteiger partial charge in [0.25, 0.3) is 0 Å². The molecule has 106 valence electrons. The maximum atomic E-state index is 5.20. The third-order valence-electron chi connectivity index (χ3n) is 4.47. The van der Waals surface area contributed by atoms with Gasteiger partial charge in [-0.25, -0.2) is 4.98 Å². The second-order valence-electron chi connectivity index (χ2n) is 5.77. The normalized spacial score (nSPS) is 19.8. The third kappa shape index (κ3) is 2.70. The Balaban J connectivity index is 1.85. The van der Waals surface area contributed by atoms with Crippen molar-refractivity contribution in [3.8, 4) is 0 Å². The first kappa shape index (κ1) is 13.1. The van der Waals surface area contributed by atoms with Gasteiger partial charge in [0.05, 0.1) is 5.69 Å². The van der Waals surface area contributed by atoms with Gasteiger partial charge in [0.1, 0.15) is 5.82 Å². The van der Waals surface area contributed by atoms with Gasteiger partial charge in [0.15, 0.2) is 0 Å². The Morgan fingerprint density at radius 1 is 1.37 bits per heavy atom. The van der Waals surface area contributed by atoms with Crippen LogP contribution in [0.15, 0.2) is 0 Å². The molecule has 0 aromatic carbocycles. The molecular formula is C15H25N3O. The highest BCUT2D eigenvalue weighted by atomic mass is 16.5. The number of fused-ring (bicyclic) bond motifs is 1. The topological polar surface area (TPSA) is 39.1 Å². The van der Waals surface area contributed by atoms with E-state index >= 15 is 0 Å². The number of imidazole rings is 1. The zero-order valence-electron chi connectivity index (χ0n) is 12.0. The molecule has 2 heterocycles. The zero-order chi connectivity index (χ0) is 13.1. The van der Waals surface area contributed by atoms with E-state index in [1.54, 1.807) is 7.11 Å². The Kier molecular flexibility index (Phi) is 4.18. The summed E-state index contributed by atoms with van der Waals surface area (Å²) in [4.78, 5) is 4.97. The fourth-order valence-corrected chi connectivity index (χ4v) is 3.50. The lowest BCUT2D eigenvalue weighted by Crippen LogP contribution is -2.25. The molecule has 0 saturated heterocycles. The van der Waals surface area contributed by atoms with E-state index in [2.05, 4.69) is 9.88 Å². The van der Waals surface area contributed by atoms with Crippen molar-refractivity contribution in [2.45, 2.75) is 57.5 Å². The first-order valence-corrected chi connectivity index (χ1v) is 7.68. The smallest absolute Gasteiger partial charge is 0.112 e. The van der Waals surface area contributed by atoms with Crippen LogP contribution in [-0.2, 0) is 24.2 Å². The summed E-state index contributed by atoms with van der Waals surface area (Å²) in [5.74, 6) is 2.07. The predicted octanol–water partition coefficient (Wildman–Crippen LogP) is 2.22. The van der Waals surface area contributed by atoms with Crippen LogP contribution in [0.2, 0.25) is 0 Å². The van der Waals surface area contributed by atoms with Crippen molar-refractivity contribution in [1.82, 2.24) is 14.9 Å². The minimum absolute atomic E-state index is 0.702. The molecule has 0 atom stereocenters. The number of nitrogens with one attached hydrogen (secondary N) is 1. The average molecular weight is 263 g/mol. The van der Waals surface area contributed by atoms with Crippen molar-refractivity contribution in [3.63, 3.8) is 0 Å². The number of ether oxygens (including phenoxy) is 1. The Labute approximate surface area is 115 Å². The lowest BCUT2D eigenvalue weighted by molar-refractivity contribution is 0.189. The number of methoxy groups -OCH3 is 1. The lowest BCUT2D eigenvalue weighted by Gasteiger charge is -2.17. The van der Waals surface area contributed by atoms with Crippen molar-refractivity contribution < 1.29 is 4.74 Å². The lowest BCUT2D eigenvalue weighted by atomic mass is 10.1. The second kappa shape index (κ2) is 6.06. The molecule has 1 aromatic rings. The summed E-state index contributed by atoms with van der Waals surface area (Å²) in [5, 5.41) is 3.44. The molecule has 0 spiro atoms. The maximum Gasteiger partial charge on any atom is 0.112 e. The minimum Gasteiger partial charge on any atom is -0.385 e. The molecule has 0 radical (unpaired) electrons. The molecule has 19 heavy (non-hydrogen) atoms. The molecule has 3 rings (SSSR count). The molecule has 1 aliphatic carbocycles. The number of hydrogen-bond acceptors (Lipinski definition) is 3. The minimum atomic E-state index is 0.702. The van der Waals surface area contributed by atoms with Gasteiger partial charge >= 0.3 is 0 Å². The highest BCUT2D eigenvalue weighted by Gasteiger charge is 2.26. The van der Waals surface area contributed by atoms with Crippen LogP contribution in [0, 0.1) is 0 Å². The number of nitrogens with zero attached hydrogens (tertiary/aromatic N) is 2. The fraction of sp³-hybridized carbons (Fsp3) is 0.800. The van der Waals surface area contributed by atoms with Crippen molar-refractivity contribution in [3.05, 3.63) is 17.2 Å². The summed E-state index contributed by atoms with van der Waals surface area (Å²) in [5.41, 5.74) is 2.78. The fourth-order valence-electron chi connectivity index (χ4n) is 3.50. The number of hydrogen-bond donors (Lipinski definition) is 1. The molecule has 2 aliphatic rings. The monoisotopic (exact) mass is 263 g/mol. The van der Waals surface area contributed by atoms with Crippen LogP contribution in [0.4, 0.5) is 0 Å². The quantitative estimate of drug-likeness (QED) is 0.828. The second-order valence-corrected chi connectivity index (χ2v) is 5.77. The molecule has 4 heteroatoms. The van der Waals surface area contributed by atoms with Crippen molar-refractivity contribution >= 4 is 0 Å². The van der Waals surface area contributed by atoms with E-state index in [1.165, 1.54) is 42.9 Å². The van der Waals surface area contributed by atoms with Gasteiger partial charge in [-0.15, -0.1) is 0 Å². The zero-order valence-corrected chi connectivity index (χ0v) is 12.0. The Hall–Kier alpha value is -0.870. The van der Waals surface area contributed by atoms with Crippen LogP contribution in [0.1, 0.15) is 55.2 Å². The van der Waals surface area contributed by atoms with Crippen molar-refractivity contribution in [2.75, 3.05) is 20.3 Å². The summed E-state index contributed by atoms with van der Waals surface area (Å²) in [6.45, 7) is 3.96. The molecule has 0 unspecified atom stereocenters. The molecular weight excluding hydrogens is 238 g/mol. The predicted molar refractivity (Wildman–Crippen MR) is 75.3 cm³/mol. The van der Waals surface area contributed by atoms with Gasteiger partial charge in [-0.05, 0) is 19.3 Å². The van der Waals surface area contributed by atoms with E-state index in [0.717, 1.165) is 39.1 Å². The van der Waals surface area contributed by atoms with Crippen LogP contribution >= 0.6 is 0 Å². The van der Waals surface area contributed by atoms with Gasteiger partial charge in [-0.3, -0.25) is 0 Å². The summed E-state index contributed by atoms with van der Waals surface area (Å²) >= 11 is 0. The van der Waals surface area contributed by atoms with Gasteiger partial charge in [-0.1, -0.05) is 12.8 Å². The van der Waals surface area contributed by atoms with E-state index in [-0.39, 0.29) is 0 Å². The molecule has 1 N–H and O–H groups in total. The Bertz CT molecular complexity index is 421. The van der Waals surface area contributed by atoms with Crippen LogP contribution in [0.5, 0.6) is 0 Å².